The van der Waals surface area contributed by atoms with Gasteiger partial charge in [-0.25, -0.2) is 0 Å². The third-order valence-corrected chi connectivity index (χ3v) is 11.5. The van der Waals surface area contributed by atoms with Gasteiger partial charge in [0.1, 0.15) is 0 Å². The lowest BCUT2D eigenvalue weighted by Crippen LogP contribution is -2.37. The molecule has 0 N–H and O–H groups in total. The van der Waals surface area contributed by atoms with E-state index >= 15 is 0 Å². The lowest BCUT2D eigenvalue weighted by Gasteiger charge is -2.35. The van der Waals surface area contributed by atoms with Crippen LogP contribution in [-0.2, 0) is 10.8 Å². The Morgan fingerprint density at radius 1 is 1.00 bits per heavy atom. The van der Waals surface area contributed by atoms with Crippen LogP contribution in [0.4, 0.5) is 0 Å². The molecule has 0 bridgehead atoms. The summed E-state index contributed by atoms with van der Waals surface area (Å²) in [5.41, 5.74) is 5.91. The Labute approximate surface area is 167 Å². The topological polar surface area (TPSA) is 9.23 Å². The van der Waals surface area contributed by atoms with Gasteiger partial charge >= 0.3 is 0 Å². The zero-order valence-electron chi connectivity index (χ0n) is 17.6. The Morgan fingerprint density at radius 3 is 2.44 bits per heavy atom. The Bertz CT molecular complexity index is 716. The predicted molar refractivity (Wildman–Crippen MR) is 120 cm³/mol. The molecule has 2 aliphatic rings. The Kier molecular flexibility index (Phi) is 6.94. The molecule has 0 saturated heterocycles. The van der Waals surface area contributed by atoms with Crippen LogP contribution in [0.15, 0.2) is 48.1 Å². The third-order valence-electron chi connectivity index (χ3n) is 6.82. The highest BCUT2D eigenvalue weighted by atomic mass is 28.4. The molecule has 0 amide bonds. The van der Waals surface area contributed by atoms with Crippen LogP contribution >= 0.6 is 0 Å². The van der Waals surface area contributed by atoms with Crippen molar-refractivity contribution in [1.82, 2.24) is 0 Å². The minimum absolute atomic E-state index is 0.242. The number of rotatable bonds is 10. The molecule has 0 spiro atoms. The van der Waals surface area contributed by atoms with Crippen molar-refractivity contribution in [2.75, 3.05) is 0 Å². The van der Waals surface area contributed by atoms with Crippen molar-refractivity contribution in [3.63, 3.8) is 0 Å². The molecule has 3 rings (SSSR count). The maximum atomic E-state index is 7.08. The van der Waals surface area contributed by atoms with Crippen molar-refractivity contribution in [3.05, 3.63) is 64.8 Å². The van der Waals surface area contributed by atoms with Crippen molar-refractivity contribution in [2.45, 2.75) is 77.6 Å². The van der Waals surface area contributed by atoms with Gasteiger partial charge in [0.05, 0.1) is 6.10 Å². The highest BCUT2D eigenvalue weighted by molar-refractivity contribution is 6.73. The van der Waals surface area contributed by atoms with Crippen LogP contribution in [-0.4, -0.2) is 8.32 Å². The standard InChI is InChI=1S/C25H36OSi/c1-5-27(6-2,7-3)26-25(19-18-20(4)21-12-8-9-13-21)24-17-11-15-22-14-10-16-23(22)24/h8-12,15-17,20,25H,5-7,13-14,18-19H2,1-4H3. The second-order valence-electron chi connectivity index (χ2n) is 8.23. The van der Waals surface area contributed by atoms with E-state index in [0.29, 0.717) is 5.92 Å². The Hall–Kier alpha value is -1.38. The first kappa shape index (κ1) is 20.4. The average molecular weight is 381 g/mol. The van der Waals surface area contributed by atoms with E-state index < -0.39 is 8.32 Å². The molecule has 2 unspecified atom stereocenters. The van der Waals surface area contributed by atoms with E-state index in [2.05, 4.69) is 76.3 Å². The lowest BCUT2D eigenvalue weighted by molar-refractivity contribution is 0.171. The van der Waals surface area contributed by atoms with Gasteiger partial charge in [-0.15, -0.1) is 0 Å². The van der Waals surface area contributed by atoms with Crippen LogP contribution < -0.4 is 0 Å². The van der Waals surface area contributed by atoms with Gasteiger partial charge in [-0.3, -0.25) is 0 Å². The van der Waals surface area contributed by atoms with Crippen molar-refractivity contribution in [1.29, 1.82) is 0 Å². The molecule has 2 aliphatic carbocycles. The summed E-state index contributed by atoms with van der Waals surface area (Å²) in [5.74, 6) is 0.638. The summed E-state index contributed by atoms with van der Waals surface area (Å²) in [6, 6.07) is 10.5. The number of fused-ring (bicyclic) bond motifs is 1. The number of allylic oxidation sites excluding steroid dienone is 5. The van der Waals surface area contributed by atoms with Gasteiger partial charge in [0, 0.05) is 0 Å². The van der Waals surface area contributed by atoms with Crippen LogP contribution in [0.5, 0.6) is 0 Å². The first-order valence-corrected chi connectivity index (χ1v) is 13.5. The van der Waals surface area contributed by atoms with E-state index in [9.17, 15) is 0 Å². The van der Waals surface area contributed by atoms with Gasteiger partial charge in [-0.2, -0.15) is 0 Å². The molecule has 2 atom stereocenters. The fourth-order valence-corrected chi connectivity index (χ4v) is 7.44. The normalized spacial score (nSPS) is 17.9. The van der Waals surface area contributed by atoms with Gasteiger partial charge in [-0.05, 0) is 66.4 Å². The second-order valence-corrected chi connectivity index (χ2v) is 13.0. The molecule has 1 aromatic carbocycles. The van der Waals surface area contributed by atoms with E-state index in [4.69, 9.17) is 4.43 Å². The summed E-state index contributed by atoms with van der Waals surface area (Å²) in [4.78, 5) is 0. The van der Waals surface area contributed by atoms with Crippen molar-refractivity contribution >= 4 is 14.4 Å². The van der Waals surface area contributed by atoms with Gasteiger partial charge in [0.25, 0.3) is 0 Å². The van der Waals surface area contributed by atoms with Gasteiger partial charge in [0.15, 0.2) is 8.32 Å². The van der Waals surface area contributed by atoms with Crippen LogP contribution in [0, 0.1) is 5.92 Å². The maximum absolute atomic E-state index is 7.08. The molecule has 146 valence electrons. The molecule has 0 aliphatic heterocycles. The van der Waals surface area contributed by atoms with E-state index in [1.54, 1.807) is 5.57 Å². The van der Waals surface area contributed by atoms with E-state index in [1.807, 2.05) is 0 Å². The lowest BCUT2D eigenvalue weighted by atomic mass is 9.90. The molecule has 0 radical (unpaired) electrons. The first-order valence-electron chi connectivity index (χ1n) is 10.9. The molecular formula is C25H36OSi. The fourth-order valence-electron chi connectivity index (χ4n) is 4.59. The van der Waals surface area contributed by atoms with E-state index in [-0.39, 0.29) is 6.10 Å². The quantitative estimate of drug-likeness (QED) is 0.379. The summed E-state index contributed by atoms with van der Waals surface area (Å²) in [7, 11) is -1.65. The molecule has 0 fully saturated rings. The Balaban J connectivity index is 1.83. The van der Waals surface area contributed by atoms with Gasteiger partial charge in [0.2, 0.25) is 0 Å². The highest BCUT2D eigenvalue weighted by Gasteiger charge is 2.33. The molecule has 1 aromatic rings. The smallest absolute Gasteiger partial charge is 0.192 e. The van der Waals surface area contributed by atoms with Crippen LogP contribution in [0.1, 0.15) is 69.8 Å². The molecule has 0 aromatic heterocycles. The Morgan fingerprint density at radius 2 is 1.78 bits per heavy atom. The SMILES string of the molecule is CC[Si](CC)(CC)OC(CCC(C)C1=CC=CC1)c1cccc2c1C=CC2. The summed E-state index contributed by atoms with van der Waals surface area (Å²) < 4.78 is 7.08. The maximum Gasteiger partial charge on any atom is 0.192 e. The summed E-state index contributed by atoms with van der Waals surface area (Å²) in [5, 5.41) is 0. The molecule has 0 saturated carbocycles. The van der Waals surface area contributed by atoms with Crippen LogP contribution in [0.3, 0.4) is 0 Å². The van der Waals surface area contributed by atoms with E-state index in [1.165, 1.54) is 41.2 Å². The van der Waals surface area contributed by atoms with Gasteiger partial charge in [-0.1, -0.05) is 81.8 Å². The van der Waals surface area contributed by atoms with Crippen LogP contribution in [0.2, 0.25) is 18.1 Å². The minimum Gasteiger partial charge on any atom is -0.410 e. The molecule has 27 heavy (non-hydrogen) atoms. The largest absolute Gasteiger partial charge is 0.410 e. The summed E-state index contributed by atoms with van der Waals surface area (Å²) in [6.07, 6.45) is 16.2. The molecule has 0 heterocycles. The highest BCUT2D eigenvalue weighted by Crippen LogP contribution is 2.38. The summed E-state index contributed by atoms with van der Waals surface area (Å²) in [6.45, 7) is 9.39. The average Bonchev–Trinajstić information content (AvgIpc) is 3.40. The third kappa shape index (κ3) is 4.55. The van der Waals surface area contributed by atoms with Gasteiger partial charge < -0.3 is 4.43 Å². The van der Waals surface area contributed by atoms with Crippen molar-refractivity contribution < 1.29 is 4.43 Å². The zero-order valence-corrected chi connectivity index (χ0v) is 18.6. The predicted octanol–water partition coefficient (Wildman–Crippen LogP) is 7.62. The molecule has 1 nitrogen and oxygen atoms in total. The monoisotopic (exact) mass is 380 g/mol. The fraction of sp³-hybridized carbons (Fsp3) is 0.520. The number of hydrogen-bond donors (Lipinski definition) is 0. The molecular weight excluding hydrogens is 344 g/mol. The minimum atomic E-state index is -1.65. The van der Waals surface area contributed by atoms with Crippen molar-refractivity contribution in [3.8, 4) is 0 Å². The van der Waals surface area contributed by atoms with E-state index in [0.717, 1.165) is 19.3 Å². The van der Waals surface area contributed by atoms with Crippen LogP contribution in [0.25, 0.3) is 6.08 Å². The summed E-state index contributed by atoms with van der Waals surface area (Å²) >= 11 is 0. The number of hydrogen-bond acceptors (Lipinski definition) is 1. The first-order chi connectivity index (χ1) is 13.1. The zero-order chi connectivity index (χ0) is 19.3. The second kappa shape index (κ2) is 9.21. The van der Waals surface area contributed by atoms with Crippen molar-refractivity contribution in [2.24, 2.45) is 5.92 Å². The molecule has 2 heteroatoms. The number of benzene rings is 1.